The smallest absolute Gasteiger partial charge is 0.127 e. The van der Waals surface area contributed by atoms with E-state index in [0.29, 0.717) is 17.2 Å². The number of hydrogen-bond acceptors (Lipinski definition) is 4. The van der Waals surface area contributed by atoms with Gasteiger partial charge in [0.1, 0.15) is 11.6 Å². The van der Waals surface area contributed by atoms with Crippen molar-refractivity contribution < 1.29 is 9.50 Å². The number of hydrogen-bond donors (Lipinski definition) is 1. The third kappa shape index (κ3) is 3.67. The molecule has 0 amide bonds. The predicted molar refractivity (Wildman–Crippen MR) is 87.8 cm³/mol. The van der Waals surface area contributed by atoms with Gasteiger partial charge in [0.05, 0.1) is 11.4 Å². The molecule has 1 N–H and O–H groups in total. The molecule has 4 nitrogen and oxygen atoms in total. The molecule has 0 saturated carbocycles. The van der Waals surface area contributed by atoms with Gasteiger partial charge in [-0.25, -0.2) is 4.39 Å². The van der Waals surface area contributed by atoms with Gasteiger partial charge in [0.2, 0.25) is 0 Å². The molecule has 1 saturated heterocycles. The van der Waals surface area contributed by atoms with Crippen molar-refractivity contribution in [2.24, 2.45) is 5.92 Å². The highest BCUT2D eigenvalue weighted by molar-refractivity contribution is 5.69. The monoisotopic (exact) mass is 315 g/mol. The highest BCUT2D eigenvalue weighted by atomic mass is 19.1. The fourth-order valence-electron chi connectivity index (χ4n) is 3.35. The summed E-state index contributed by atoms with van der Waals surface area (Å²) in [7, 11) is 2.16. The Balaban J connectivity index is 1.80. The zero-order valence-electron chi connectivity index (χ0n) is 13.6. The van der Waals surface area contributed by atoms with Gasteiger partial charge in [0, 0.05) is 18.2 Å². The Hall–Kier alpha value is -2.01. The molecule has 1 unspecified atom stereocenters. The van der Waals surface area contributed by atoms with Crippen LogP contribution >= 0.6 is 0 Å². The van der Waals surface area contributed by atoms with E-state index in [4.69, 9.17) is 0 Å². The highest BCUT2D eigenvalue weighted by Gasteiger charge is 2.19. The minimum absolute atomic E-state index is 0.107. The van der Waals surface area contributed by atoms with Crippen molar-refractivity contribution in [2.75, 3.05) is 20.1 Å². The van der Waals surface area contributed by atoms with Crippen molar-refractivity contribution in [2.45, 2.75) is 26.2 Å². The number of rotatable bonds is 3. The predicted octanol–water partition coefficient (Wildman–Crippen LogP) is 3.18. The van der Waals surface area contributed by atoms with Gasteiger partial charge >= 0.3 is 0 Å². The van der Waals surface area contributed by atoms with E-state index in [9.17, 15) is 9.50 Å². The van der Waals surface area contributed by atoms with E-state index < -0.39 is 5.82 Å². The zero-order valence-corrected chi connectivity index (χ0v) is 13.6. The lowest BCUT2D eigenvalue weighted by atomic mass is 9.93. The van der Waals surface area contributed by atoms with Crippen molar-refractivity contribution in [1.82, 2.24) is 15.1 Å². The molecule has 0 aliphatic carbocycles. The van der Waals surface area contributed by atoms with E-state index in [1.54, 1.807) is 0 Å². The maximum absolute atomic E-state index is 13.1. The third-order valence-corrected chi connectivity index (χ3v) is 4.47. The molecule has 1 aromatic carbocycles. The second kappa shape index (κ2) is 6.62. The first-order valence-electron chi connectivity index (χ1n) is 8.03. The van der Waals surface area contributed by atoms with Crippen LogP contribution in [0, 0.1) is 18.7 Å². The lowest BCUT2D eigenvalue weighted by Crippen LogP contribution is -2.33. The number of benzene rings is 1. The number of aromatic nitrogens is 2. The average molecular weight is 315 g/mol. The normalized spacial score (nSPS) is 19.0. The molecule has 2 heterocycles. The molecule has 23 heavy (non-hydrogen) atoms. The SMILES string of the molecule is Cc1cc(CC2CCCN(C)C2)nnc1-c1ccc(F)cc1O. The van der Waals surface area contributed by atoms with Crippen molar-refractivity contribution in [3.05, 3.63) is 41.3 Å². The molecule has 1 fully saturated rings. The van der Waals surface area contributed by atoms with Gasteiger partial charge in [-0.1, -0.05) is 0 Å². The van der Waals surface area contributed by atoms with Crippen molar-refractivity contribution in [3.8, 4) is 17.0 Å². The lowest BCUT2D eigenvalue weighted by Gasteiger charge is -2.29. The Morgan fingerprint density at radius 3 is 2.83 bits per heavy atom. The second-order valence-electron chi connectivity index (χ2n) is 6.50. The summed E-state index contributed by atoms with van der Waals surface area (Å²) in [6, 6.07) is 5.99. The van der Waals surface area contributed by atoms with Gasteiger partial charge in [-0.05, 0) is 69.5 Å². The topological polar surface area (TPSA) is 49.2 Å². The number of halogens is 1. The number of nitrogens with zero attached hydrogens (tertiary/aromatic N) is 3. The summed E-state index contributed by atoms with van der Waals surface area (Å²) in [5.41, 5.74) is 3.04. The minimum Gasteiger partial charge on any atom is -0.507 e. The fraction of sp³-hybridized carbons (Fsp3) is 0.444. The number of likely N-dealkylation sites (tertiary alicyclic amines) is 1. The number of phenols is 1. The average Bonchev–Trinajstić information content (AvgIpc) is 2.48. The van der Waals surface area contributed by atoms with Crippen LogP contribution in [0.5, 0.6) is 5.75 Å². The molecule has 1 atom stereocenters. The summed E-state index contributed by atoms with van der Waals surface area (Å²) in [4.78, 5) is 2.36. The van der Waals surface area contributed by atoms with Crippen LogP contribution < -0.4 is 0 Å². The van der Waals surface area contributed by atoms with Crippen molar-refractivity contribution in [1.29, 1.82) is 0 Å². The maximum atomic E-state index is 13.1. The molecular formula is C18H22FN3O. The van der Waals surface area contributed by atoms with Crippen LogP contribution in [0.1, 0.15) is 24.1 Å². The first kappa shape index (κ1) is 15.9. The molecular weight excluding hydrogens is 293 g/mol. The van der Waals surface area contributed by atoms with Gasteiger partial charge in [-0.2, -0.15) is 5.10 Å². The first-order chi connectivity index (χ1) is 11.0. The zero-order chi connectivity index (χ0) is 16.4. The summed E-state index contributed by atoms with van der Waals surface area (Å²) in [5, 5.41) is 18.5. The van der Waals surface area contributed by atoms with Crippen LogP contribution in [0.15, 0.2) is 24.3 Å². The Morgan fingerprint density at radius 1 is 1.30 bits per heavy atom. The Morgan fingerprint density at radius 2 is 2.13 bits per heavy atom. The Bertz CT molecular complexity index is 705. The molecule has 2 aromatic rings. The lowest BCUT2D eigenvalue weighted by molar-refractivity contribution is 0.208. The molecule has 1 aliphatic rings. The molecule has 0 bridgehead atoms. The van der Waals surface area contributed by atoms with Crippen molar-refractivity contribution in [3.63, 3.8) is 0 Å². The van der Waals surface area contributed by atoms with E-state index in [1.807, 2.05) is 13.0 Å². The molecule has 3 rings (SSSR count). The fourth-order valence-corrected chi connectivity index (χ4v) is 3.35. The third-order valence-electron chi connectivity index (χ3n) is 4.47. The Kier molecular flexibility index (Phi) is 4.57. The number of aromatic hydroxyl groups is 1. The molecule has 0 radical (unpaired) electrons. The molecule has 5 heteroatoms. The summed E-state index contributed by atoms with van der Waals surface area (Å²) < 4.78 is 13.1. The number of aryl methyl sites for hydroxylation is 1. The van der Waals surface area contributed by atoms with Crippen LogP contribution in [0.3, 0.4) is 0 Å². The standard InChI is InChI=1S/C18H22FN3O/c1-12-8-15(9-13-4-3-7-22(2)11-13)20-21-18(12)16-6-5-14(19)10-17(16)23/h5-6,8,10,13,23H,3-4,7,9,11H2,1-2H3. The van der Waals surface area contributed by atoms with Gasteiger partial charge in [-0.15, -0.1) is 5.10 Å². The van der Waals surface area contributed by atoms with Crippen LogP contribution in [0.4, 0.5) is 4.39 Å². The molecule has 1 aliphatic heterocycles. The number of piperidine rings is 1. The quantitative estimate of drug-likeness (QED) is 0.945. The number of phenolic OH excluding ortho intramolecular Hbond substituents is 1. The van der Waals surface area contributed by atoms with Crippen LogP contribution in [-0.4, -0.2) is 40.3 Å². The van der Waals surface area contributed by atoms with Crippen LogP contribution in [0.25, 0.3) is 11.3 Å². The minimum atomic E-state index is -0.463. The van der Waals surface area contributed by atoms with E-state index in [-0.39, 0.29) is 5.75 Å². The second-order valence-corrected chi connectivity index (χ2v) is 6.50. The summed E-state index contributed by atoms with van der Waals surface area (Å²) in [6.07, 6.45) is 3.38. The summed E-state index contributed by atoms with van der Waals surface area (Å²) >= 11 is 0. The first-order valence-corrected chi connectivity index (χ1v) is 8.03. The van der Waals surface area contributed by atoms with Crippen LogP contribution in [-0.2, 0) is 6.42 Å². The van der Waals surface area contributed by atoms with E-state index >= 15 is 0 Å². The van der Waals surface area contributed by atoms with Gasteiger partial charge in [0.15, 0.2) is 0 Å². The van der Waals surface area contributed by atoms with Crippen molar-refractivity contribution >= 4 is 0 Å². The van der Waals surface area contributed by atoms with Gasteiger partial charge in [-0.3, -0.25) is 0 Å². The summed E-state index contributed by atoms with van der Waals surface area (Å²) in [5.74, 6) is 0.0477. The Labute approximate surface area is 136 Å². The van der Waals surface area contributed by atoms with E-state index in [1.165, 1.54) is 31.5 Å². The van der Waals surface area contributed by atoms with Gasteiger partial charge in [0.25, 0.3) is 0 Å². The van der Waals surface area contributed by atoms with Gasteiger partial charge < -0.3 is 10.0 Å². The highest BCUT2D eigenvalue weighted by Crippen LogP contribution is 2.30. The van der Waals surface area contributed by atoms with Crippen LogP contribution in [0.2, 0.25) is 0 Å². The molecule has 122 valence electrons. The molecule has 1 aromatic heterocycles. The van der Waals surface area contributed by atoms with E-state index in [0.717, 1.165) is 30.3 Å². The molecule has 0 spiro atoms. The summed E-state index contributed by atoms with van der Waals surface area (Å²) in [6.45, 7) is 4.22. The van der Waals surface area contributed by atoms with E-state index in [2.05, 4.69) is 22.1 Å². The largest absolute Gasteiger partial charge is 0.507 e. The maximum Gasteiger partial charge on any atom is 0.127 e.